The molecule has 1 aliphatic rings. The van der Waals surface area contributed by atoms with E-state index in [9.17, 15) is 0 Å². The average Bonchev–Trinajstić information content (AvgIpc) is 2.78. The molecule has 1 aromatic heterocycles. The Morgan fingerprint density at radius 3 is 2.76 bits per heavy atom. The predicted molar refractivity (Wildman–Crippen MR) is 74.9 cm³/mol. The van der Waals surface area contributed by atoms with Crippen LogP contribution in [0.15, 0.2) is 24.3 Å². The van der Waals surface area contributed by atoms with E-state index in [-0.39, 0.29) is 0 Å². The fourth-order valence-electron chi connectivity index (χ4n) is 1.82. The molecule has 1 aliphatic heterocycles. The number of H-pyrrole nitrogens is 1. The van der Waals surface area contributed by atoms with Gasteiger partial charge in [0.25, 0.3) is 0 Å². The van der Waals surface area contributed by atoms with Gasteiger partial charge in [-0.05, 0) is 24.3 Å². The topological polar surface area (TPSA) is 28.7 Å². The number of nitrogens with zero attached hydrogens (tertiary/aromatic N) is 1. The molecular formula is C12H9ClN2S2. The zero-order valence-electron chi connectivity index (χ0n) is 8.87. The number of thioether (sulfide) groups is 1. The average molecular weight is 281 g/mol. The van der Waals surface area contributed by atoms with Crippen LogP contribution in [0.3, 0.4) is 0 Å². The summed E-state index contributed by atoms with van der Waals surface area (Å²) in [6.45, 7) is 0. The largest absolute Gasteiger partial charge is 0.342 e. The number of fused-ring (bicyclic) bond motifs is 1. The molecule has 2 heterocycles. The summed E-state index contributed by atoms with van der Waals surface area (Å²) in [6, 6.07) is 7.61. The van der Waals surface area contributed by atoms with Gasteiger partial charge in [-0.2, -0.15) is 11.8 Å². The van der Waals surface area contributed by atoms with Crippen LogP contribution in [-0.4, -0.2) is 9.97 Å². The maximum atomic E-state index is 5.87. The number of hydrogen-bond donors (Lipinski definition) is 1. The summed E-state index contributed by atoms with van der Waals surface area (Å²) in [5.74, 6) is 2.79. The van der Waals surface area contributed by atoms with Crippen LogP contribution >= 0.6 is 35.6 Å². The van der Waals surface area contributed by atoms with Gasteiger partial charge in [-0.3, -0.25) is 0 Å². The number of halogens is 1. The molecule has 3 rings (SSSR count). The fraction of sp³-hybridized carbons (Fsp3) is 0.167. The molecule has 1 aromatic carbocycles. The second-order valence-electron chi connectivity index (χ2n) is 3.85. The van der Waals surface area contributed by atoms with Crippen LogP contribution in [-0.2, 0) is 11.5 Å². The predicted octanol–water partition coefficient (Wildman–Crippen LogP) is 4.21. The zero-order valence-corrected chi connectivity index (χ0v) is 11.3. The van der Waals surface area contributed by atoms with Gasteiger partial charge in [0.2, 0.25) is 0 Å². The Morgan fingerprint density at radius 2 is 2.00 bits per heavy atom. The van der Waals surface area contributed by atoms with E-state index >= 15 is 0 Å². The van der Waals surface area contributed by atoms with E-state index in [0.29, 0.717) is 4.64 Å². The van der Waals surface area contributed by atoms with E-state index in [1.807, 2.05) is 36.0 Å². The van der Waals surface area contributed by atoms with Gasteiger partial charge >= 0.3 is 0 Å². The van der Waals surface area contributed by atoms with Crippen molar-refractivity contribution in [3.05, 3.63) is 45.2 Å². The molecule has 2 nitrogen and oxygen atoms in total. The highest BCUT2D eigenvalue weighted by Gasteiger charge is 2.15. The third-order valence-corrected chi connectivity index (χ3v) is 4.29. The first kappa shape index (κ1) is 11.3. The van der Waals surface area contributed by atoms with Crippen molar-refractivity contribution in [3.8, 4) is 11.4 Å². The monoisotopic (exact) mass is 280 g/mol. The standard InChI is InChI=1S/C12H9ClN2S2/c13-8-3-1-7(2-4-8)11-14-10-6-17-5-9(10)12(16)15-11/h1-4H,5-6H2,(H,14,15,16). The SMILES string of the molecule is S=c1nc(-c2ccc(Cl)cc2)[nH]c2c1CSC2. The van der Waals surface area contributed by atoms with Gasteiger partial charge in [0.1, 0.15) is 10.5 Å². The van der Waals surface area contributed by atoms with E-state index < -0.39 is 0 Å². The van der Waals surface area contributed by atoms with Crippen molar-refractivity contribution >= 4 is 35.6 Å². The summed E-state index contributed by atoms with van der Waals surface area (Å²) in [5, 5.41) is 0.726. The van der Waals surface area contributed by atoms with E-state index in [1.54, 1.807) is 0 Å². The minimum absolute atomic E-state index is 0.716. The third kappa shape index (κ3) is 2.12. The van der Waals surface area contributed by atoms with Crippen molar-refractivity contribution in [3.63, 3.8) is 0 Å². The van der Waals surface area contributed by atoms with Crippen LogP contribution in [0.5, 0.6) is 0 Å². The fourth-order valence-corrected chi connectivity index (χ4v) is 3.39. The summed E-state index contributed by atoms with van der Waals surface area (Å²) >= 11 is 13.1. The van der Waals surface area contributed by atoms with Crippen molar-refractivity contribution in [1.82, 2.24) is 9.97 Å². The summed E-state index contributed by atoms with van der Waals surface area (Å²) in [5.41, 5.74) is 3.41. The Kier molecular flexibility index (Phi) is 2.94. The summed E-state index contributed by atoms with van der Waals surface area (Å²) in [6.07, 6.45) is 0. The van der Waals surface area contributed by atoms with Crippen molar-refractivity contribution in [2.24, 2.45) is 0 Å². The van der Waals surface area contributed by atoms with Gasteiger partial charge in [-0.1, -0.05) is 23.8 Å². The number of aromatic amines is 1. The number of nitrogens with one attached hydrogen (secondary N) is 1. The second-order valence-corrected chi connectivity index (χ2v) is 5.66. The smallest absolute Gasteiger partial charge is 0.139 e. The molecule has 2 aromatic rings. The van der Waals surface area contributed by atoms with Crippen molar-refractivity contribution in [2.45, 2.75) is 11.5 Å². The van der Waals surface area contributed by atoms with Gasteiger partial charge in [0, 0.05) is 33.3 Å². The minimum Gasteiger partial charge on any atom is -0.342 e. The number of hydrogen-bond acceptors (Lipinski definition) is 3. The lowest BCUT2D eigenvalue weighted by Gasteiger charge is -2.05. The van der Waals surface area contributed by atoms with Gasteiger partial charge in [-0.25, -0.2) is 4.98 Å². The van der Waals surface area contributed by atoms with Crippen molar-refractivity contribution in [2.75, 3.05) is 0 Å². The lowest BCUT2D eigenvalue weighted by atomic mass is 10.2. The van der Waals surface area contributed by atoms with Crippen LogP contribution < -0.4 is 0 Å². The summed E-state index contributed by atoms with van der Waals surface area (Å²) in [7, 11) is 0. The summed E-state index contributed by atoms with van der Waals surface area (Å²) in [4.78, 5) is 7.81. The maximum absolute atomic E-state index is 5.87. The minimum atomic E-state index is 0.716. The highest BCUT2D eigenvalue weighted by Crippen LogP contribution is 2.30. The van der Waals surface area contributed by atoms with Gasteiger partial charge < -0.3 is 4.98 Å². The van der Waals surface area contributed by atoms with Gasteiger partial charge in [0.05, 0.1) is 0 Å². The number of rotatable bonds is 1. The van der Waals surface area contributed by atoms with Crippen LogP contribution in [0.25, 0.3) is 11.4 Å². The van der Waals surface area contributed by atoms with E-state index in [4.69, 9.17) is 23.8 Å². The molecule has 0 spiro atoms. The highest BCUT2D eigenvalue weighted by molar-refractivity contribution is 7.98. The normalized spacial score (nSPS) is 13.7. The molecule has 0 atom stereocenters. The van der Waals surface area contributed by atoms with Gasteiger partial charge in [0.15, 0.2) is 0 Å². The Labute approximate surface area is 113 Å². The number of aromatic nitrogens is 2. The third-order valence-electron chi connectivity index (χ3n) is 2.72. The molecular weight excluding hydrogens is 272 g/mol. The lowest BCUT2D eigenvalue weighted by Crippen LogP contribution is -1.97. The Bertz CT molecular complexity index is 619. The molecule has 17 heavy (non-hydrogen) atoms. The summed E-state index contributed by atoms with van der Waals surface area (Å²) < 4.78 is 0.716. The Balaban J connectivity index is 2.13. The first-order chi connectivity index (χ1) is 8.24. The van der Waals surface area contributed by atoms with Gasteiger partial charge in [-0.15, -0.1) is 0 Å². The quantitative estimate of drug-likeness (QED) is 0.794. The maximum Gasteiger partial charge on any atom is 0.139 e. The van der Waals surface area contributed by atoms with Crippen LogP contribution in [0, 0.1) is 4.64 Å². The molecule has 0 aliphatic carbocycles. The van der Waals surface area contributed by atoms with Crippen LogP contribution in [0.1, 0.15) is 11.3 Å². The molecule has 1 N–H and O–H groups in total. The van der Waals surface area contributed by atoms with Crippen LogP contribution in [0.2, 0.25) is 5.02 Å². The molecule has 0 amide bonds. The van der Waals surface area contributed by atoms with Crippen molar-refractivity contribution in [1.29, 1.82) is 0 Å². The Hall–Kier alpha value is -0.840. The lowest BCUT2D eigenvalue weighted by molar-refractivity contribution is 1.06. The first-order valence-corrected chi connectivity index (χ1v) is 7.14. The zero-order chi connectivity index (χ0) is 11.8. The molecule has 0 unspecified atom stereocenters. The first-order valence-electron chi connectivity index (χ1n) is 5.20. The van der Waals surface area contributed by atoms with Crippen LogP contribution in [0.4, 0.5) is 0 Å². The Morgan fingerprint density at radius 1 is 1.24 bits per heavy atom. The second kappa shape index (κ2) is 4.44. The molecule has 0 fully saturated rings. The van der Waals surface area contributed by atoms with Crippen molar-refractivity contribution < 1.29 is 0 Å². The molecule has 0 bridgehead atoms. The van der Waals surface area contributed by atoms with E-state index in [2.05, 4.69) is 9.97 Å². The van der Waals surface area contributed by atoms with E-state index in [1.165, 1.54) is 11.3 Å². The highest BCUT2D eigenvalue weighted by atomic mass is 35.5. The molecule has 86 valence electrons. The molecule has 0 saturated carbocycles. The molecule has 0 radical (unpaired) electrons. The molecule has 5 heteroatoms. The van der Waals surface area contributed by atoms with E-state index in [0.717, 1.165) is 27.9 Å². The molecule has 0 saturated heterocycles. The number of benzene rings is 1.